The van der Waals surface area contributed by atoms with E-state index in [4.69, 9.17) is 0 Å². The zero-order valence-electron chi connectivity index (χ0n) is 15.8. The van der Waals surface area contributed by atoms with Gasteiger partial charge in [-0.05, 0) is 36.8 Å². The van der Waals surface area contributed by atoms with Crippen LogP contribution in [-0.4, -0.2) is 0 Å². The number of hydrogen-bond acceptors (Lipinski definition) is 2. The SMILES string of the molecule is C=CC(C)(C#N)[C@H](NP(=O)(c1ccccc1)c1ccccc1)c1ccccc1. The van der Waals surface area contributed by atoms with Gasteiger partial charge in [0.2, 0.25) is 7.29 Å². The van der Waals surface area contributed by atoms with Crippen molar-refractivity contribution in [1.82, 2.24) is 5.09 Å². The molecule has 0 aliphatic rings. The van der Waals surface area contributed by atoms with E-state index in [0.29, 0.717) is 10.6 Å². The van der Waals surface area contributed by atoms with Crippen LogP contribution in [0.5, 0.6) is 0 Å². The molecule has 2 atom stereocenters. The fraction of sp³-hybridized carbons (Fsp3) is 0.125. The minimum Gasteiger partial charge on any atom is -0.297 e. The first-order chi connectivity index (χ1) is 13.5. The highest BCUT2D eigenvalue weighted by atomic mass is 31.2. The molecule has 1 unspecified atom stereocenters. The summed E-state index contributed by atoms with van der Waals surface area (Å²) in [5.74, 6) is 0. The second-order valence-corrected chi connectivity index (χ2v) is 9.36. The standard InChI is InChI=1S/C24H23N2OP/c1-3-24(2,19-25)23(20-13-7-4-8-14-20)26-28(27,21-15-9-5-10-16-21)22-17-11-6-12-18-22/h3-18,23H,1H2,2H3,(H,26,27)/t23-,24?/m1/s1. The van der Waals surface area contributed by atoms with Gasteiger partial charge in [-0.25, -0.2) is 0 Å². The van der Waals surface area contributed by atoms with E-state index in [1.165, 1.54) is 0 Å². The number of nitrogens with zero attached hydrogens (tertiary/aromatic N) is 1. The summed E-state index contributed by atoms with van der Waals surface area (Å²) in [7, 11) is -3.22. The average molecular weight is 386 g/mol. The normalized spacial score (nSPS) is 14.4. The van der Waals surface area contributed by atoms with E-state index >= 15 is 0 Å². The van der Waals surface area contributed by atoms with Gasteiger partial charge in [0.25, 0.3) is 0 Å². The summed E-state index contributed by atoms with van der Waals surface area (Å²) in [6.45, 7) is 5.68. The molecule has 1 N–H and O–H groups in total. The zero-order valence-corrected chi connectivity index (χ0v) is 16.7. The summed E-state index contributed by atoms with van der Waals surface area (Å²) >= 11 is 0. The van der Waals surface area contributed by atoms with E-state index in [1.54, 1.807) is 6.08 Å². The van der Waals surface area contributed by atoms with E-state index < -0.39 is 18.7 Å². The van der Waals surface area contributed by atoms with E-state index in [9.17, 15) is 9.83 Å². The predicted octanol–water partition coefficient (Wildman–Crippen LogP) is 4.96. The van der Waals surface area contributed by atoms with Crippen LogP contribution in [0.4, 0.5) is 0 Å². The largest absolute Gasteiger partial charge is 0.297 e. The van der Waals surface area contributed by atoms with Crippen LogP contribution in [0, 0.1) is 16.7 Å². The van der Waals surface area contributed by atoms with Gasteiger partial charge in [-0.1, -0.05) is 72.8 Å². The van der Waals surface area contributed by atoms with E-state index in [0.717, 1.165) is 5.56 Å². The first-order valence-corrected chi connectivity index (χ1v) is 10.8. The molecule has 0 spiro atoms. The smallest absolute Gasteiger partial charge is 0.205 e. The Kier molecular flexibility index (Phi) is 5.95. The Hall–Kier alpha value is -2.92. The van der Waals surface area contributed by atoms with Gasteiger partial charge >= 0.3 is 0 Å². The van der Waals surface area contributed by atoms with Crippen LogP contribution in [0.3, 0.4) is 0 Å². The number of rotatable bonds is 7. The van der Waals surface area contributed by atoms with Crippen molar-refractivity contribution in [2.45, 2.75) is 13.0 Å². The van der Waals surface area contributed by atoms with Crippen molar-refractivity contribution >= 4 is 17.9 Å². The maximum absolute atomic E-state index is 14.4. The Morgan fingerprint density at radius 1 is 0.929 bits per heavy atom. The molecular formula is C24H23N2OP. The fourth-order valence-electron chi connectivity index (χ4n) is 3.18. The van der Waals surface area contributed by atoms with Gasteiger partial charge < -0.3 is 0 Å². The van der Waals surface area contributed by atoms with Gasteiger partial charge in [0.15, 0.2) is 0 Å². The molecule has 140 valence electrons. The maximum Gasteiger partial charge on any atom is 0.205 e. The van der Waals surface area contributed by atoms with Gasteiger partial charge in [-0.3, -0.25) is 9.65 Å². The third-order valence-corrected chi connectivity index (χ3v) is 7.62. The van der Waals surface area contributed by atoms with Crippen molar-refractivity contribution in [2.24, 2.45) is 5.41 Å². The molecule has 0 radical (unpaired) electrons. The molecule has 0 fully saturated rings. The first kappa shape index (κ1) is 19.8. The third kappa shape index (κ3) is 3.85. The lowest BCUT2D eigenvalue weighted by Crippen LogP contribution is -2.37. The summed E-state index contributed by atoms with van der Waals surface area (Å²) in [6, 6.07) is 30.2. The highest BCUT2D eigenvalue weighted by Crippen LogP contribution is 2.46. The van der Waals surface area contributed by atoms with Crippen molar-refractivity contribution < 1.29 is 4.57 Å². The highest BCUT2D eigenvalue weighted by molar-refractivity contribution is 7.76. The minimum absolute atomic E-state index is 0.498. The average Bonchev–Trinajstić information content (AvgIpc) is 2.78. The third-order valence-electron chi connectivity index (χ3n) is 4.95. The molecular weight excluding hydrogens is 363 g/mol. The lowest BCUT2D eigenvalue weighted by molar-refractivity contribution is 0.414. The molecule has 3 nitrogen and oxygen atoms in total. The summed E-state index contributed by atoms with van der Waals surface area (Å²) in [6.07, 6.45) is 1.62. The van der Waals surface area contributed by atoms with Gasteiger partial charge in [0.05, 0.1) is 17.5 Å². The van der Waals surface area contributed by atoms with Crippen LogP contribution in [0.15, 0.2) is 104 Å². The molecule has 0 heterocycles. The number of nitrogens with one attached hydrogen (secondary N) is 1. The summed E-state index contributed by atoms with van der Waals surface area (Å²) in [4.78, 5) is 0. The van der Waals surface area contributed by atoms with Crippen molar-refractivity contribution in [3.05, 3.63) is 109 Å². The summed E-state index contributed by atoms with van der Waals surface area (Å²) in [5, 5.41) is 14.7. The Labute approximate surface area is 166 Å². The van der Waals surface area contributed by atoms with Crippen molar-refractivity contribution in [1.29, 1.82) is 5.26 Å². The van der Waals surface area contributed by atoms with Crippen LogP contribution >= 0.6 is 7.29 Å². The molecule has 0 bridgehead atoms. The maximum atomic E-state index is 14.4. The number of hydrogen-bond donors (Lipinski definition) is 1. The summed E-state index contributed by atoms with van der Waals surface area (Å²) in [5.41, 5.74) is -0.0563. The topological polar surface area (TPSA) is 52.9 Å². The van der Waals surface area contributed by atoms with Gasteiger partial charge in [-0.15, -0.1) is 6.58 Å². The molecule has 3 rings (SSSR count). The molecule has 0 aliphatic carbocycles. The van der Waals surface area contributed by atoms with Crippen LogP contribution in [0.2, 0.25) is 0 Å². The van der Waals surface area contributed by atoms with Crippen LogP contribution < -0.4 is 15.7 Å². The summed E-state index contributed by atoms with van der Waals surface area (Å²) < 4.78 is 14.4. The van der Waals surface area contributed by atoms with Gasteiger partial charge in [0, 0.05) is 10.6 Å². The molecule has 0 aromatic heterocycles. The Morgan fingerprint density at radius 2 is 1.36 bits per heavy atom. The molecule has 3 aromatic carbocycles. The second-order valence-electron chi connectivity index (χ2n) is 6.85. The van der Waals surface area contributed by atoms with E-state index in [1.807, 2.05) is 97.9 Å². The number of benzene rings is 3. The minimum atomic E-state index is -3.22. The molecule has 0 saturated heterocycles. The van der Waals surface area contributed by atoms with Gasteiger partial charge in [-0.2, -0.15) is 5.26 Å². The zero-order chi connectivity index (χ0) is 20.0. The first-order valence-electron chi connectivity index (χ1n) is 9.12. The van der Waals surface area contributed by atoms with E-state index in [2.05, 4.69) is 17.7 Å². The number of nitriles is 1. The monoisotopic (exact) mass is 386 g/mol. The second kappa shape index (κ2) is 8.40. The van der Waals surface area contributed by atoms with Crippen LogP contribution in [0.25, 0.3) is 0 Å². The Balaban J connectivity index is 2.18. The molecule has 0 amide bonds. The molecule has 3 aromatic rings. The van der Waals surface area contributed by atoms with Crippen molar-refractivity contribution in [2.75, 3.05) is 0 Å². The molecule has 0 saturated carbocycles. The predicted molar refractivity (Wildman–Crippen MR) is 116 cm³/mol. The van der Waals surface area contributed by atoms with Crippen molar-refractivity contribution in [3.63, 3.8) is 0 Å². The Morgan fingerprint density at radius 3 is 1.75 bits per heavy atom. The molecule has 4 heteroatoms. The quantitative estimate of drug-likeness (QED) is 0.461. The lowest BCUT2D eigenvalue weighted by Gasteiger charge is -2.34. The van der Waals surface area contributed by atoms with Crippen LogP contribution in [0.1, 0.15) is 18.5 Å². The van der Waals surface area contributed by atoms with Crippen LogP contribution in [-0.2, 0) is 4.57 Å². The van der Waals surface area contributed by atoms with Crippen molar-refractivity contribution in [3.8, 4) is 6.07 Å². The Bertz CT molecular complexity index is 969. The molecule has 28 heavy (non-hydrogen) atoms. The van der Waals surface area contributed by atoms with E-state index in [-0.39, 0.29) is 0 Å². The van der Waals surface area contributed by atoms with Gasteiger partial charge in [0.1, 0.15) is 0 Å². The molecule has 0 aliphatic heterocycles. The lowest BCUT2D eigenvalue weighted by atomic mass is 9.81. The highest BCUT2D eigenvalue weighted by Gasteiger charge is 2.39. The fourth-order valence-corrected chi connectivity index (χ4v) is 5.75.